The first-order valence-corrected chi connectivity index (χ1v) is 4.06. The molecule has 0 spiro atoms. The summed E-state index contributed by atoms with van der Waals surface area (Å²) in [7, 11) is 1.87. The van der Waals surface area contributed by atoms with Crippen LogP contribution in [0.25, 0.3) is 0 Å². The molecule has 0 bridgehead atoms. The minimum atomic E-state index is 0.344. The highest BCUT2D eigenvalue weighted by Gasteiger charge is 2.14. The highest BCUT2D eigenvalue weighted by molar-refractivity contribution is 5.78. The molecule has 0 saturated carbocycles. The summed E-state index contributed by atoms with van der Waals surface area (Å²) in [6.45, 7) is 5.97. The van der Waals surface area contributed by atoms with E-state index in [0.717, 1.165) is 23.2 Å². The Kier molecular flexibility index (Phi) is 2.31. The van der Waals surface area contributed by atoms with Crippen molar-refractivity contribution in [3.05, 3.63) is 17.0 Å². The molecule has 0 fully saturated rings. The normalized spacial score (nSPS) is 10.8. The van der Waals surface area contributed by atoms with E-state index in [2.05, 4.69) is 18.9 Å². The van der Waals surface area contributed by atoms with E-state index in [1.807, 2.05) is 14.0 Å². The Morgan fingerprint density at radius 2 is 2.08 bits per heavy atom. The molecule has 0 unspecified atom stereocenters. The molecule has 0 atom stereocenters. The molecule has 3 heteroatoms. The molecular formula is C9H14N2O. The fourth-order valence-corrected chi connectivity index (χ4v) is 1.52. The van der Waals surface area contributed by atoms with Crippen LogP contribution in [0.3, 0.4) is 0 Å². The fraction of sp³-hybridized carbons (Fsp3) is 0.556. The van der Waals surface area contributed by atoms with Crippen molar-refractivity contribution in [1.82, 2.24) is 9.78 Å². The molecule has 0 aliphatic rings. The van der Waals surface area contributed by atoms with Gasteiger partial charge in [0.1, 0.15) is 0 Å². The second kappa shape index (κ2) is 3.09. The third-order valence-electron chi connectivity index (χ3n) is 1.98. The number of aryl methyl sites for hydroxylation is 2. The van der Waals surface area contributed by atoms with Crippen LogP contribution in [-0.4, -0.2) is 16.1 Å². The summed E-state index contributed by atoms with van der Waals surface area (Å²) in [4.78, 5) is 10.7. The van der Waals surface area contributed by atoms with E-state index in [9.17, 15) is 4.79 Å². The number of hydrogen-bond donors (Lipinski definition) is 0. The van der Waals surface area contributed by atoms with Crippen molar-refractivity contribution in [2.75, 3.05) is 0 Å². The molecule has 12 heavy (non-hydrogen) atoms. The molecular weight excluding hydrogens is 152 g/mol. The van der Waals surface area contributed by atoms with Gasteiger partial charge in [-0.2, -0.15) is 5.10 Å². The Morgan fingerprint density at radius 1 is 1.50 bits per heavy atom. The quantitative estimate of drug-likeness (QED) is 0.626. The molecule has 1 heterocycles. The molecule has 1 aromatic rings. The number of carbonyl (C=O) groups excluding carboxylic acids is 1. The van der Waals surface area contributed by atoms with Crippen molar-refractivity contribution in [2.45, 2.75) is 26.7 Å². The van der Waals surface area contributed by atoms with Gasteiger partial charge in [-0.1, -0.05) is 13.8 Å². The molecule has 0 N–H and O–H groups in total. The molecule has 66 valence electrons. The van der Waals surface area contributed by atoms with Crippen LogP contribution in [0.1, 0.15) is 41.5 Å². The summed E-state index contributed by atoms with van der Waals surface area (Å²) in [6, 6.07) is 0. The average molecular weight is 166 g/mol. The van der Waals surface area contributed by atoms with Crippen molar-refractivity contribution in [3.8, 4) is 0 Å². The third kappa shape index (κ3) is 1.26. The second-order valence-electron chi connectivity index (χ2n) is 3.28. The van der Waals surface area contributed by atoms with E-state index < -0.39 is 0 Å². The number of aldehydes is 1. The van der Waals surface area contributed by atoms with Crippen molar-refractivity contribution in [1.29, 1.82) is 0 Å². The predicted molar refractivity (Wildman–Crippen MR) is 47.4 cm³/mol. The van der Waals surface area contributed by atoms with Gasteiger partial charge in [0.2, 0.25) is 0 Å². The average Bonchev–Trinajstić information content (AvgIpc) is 2.24. The van der Waals surface area contributed by atoms with Gasteiger partial charge in [-0.05, 0) is 12.8 Å². The van der Waals surface area contributed by atoms with Gasteiger partial charge >= 0.3 is 0 Å². The van der Waals surface area contributed by atoms with Gasteiger partial charge in [-0.25, -0.2) is 0 Å². The highest BCUT2D eigenvalue weighted by Crippen LogP contribution is 2.19. The lowest BCUT2D eigenvalue weighted by Crippen LogP contribution is -2.01. The summed E-state index contributed by atoms with van der Waals surface area (Å²) in [5.41, 5.74) is 2.58. The lowest BCUT2D eigenvalue weighted by molar-refractivity contribution is 0.112. The standard InChI is InChI=1S/C9H14N2O/c1-6(2)9-8(5-12)7(3)10-11(9)4/h5-6H,1-4H3. The highest BCUT2D eigenvalue weighted by atomic mass is 16.1. The van der Waals surface area contributed by atoms with Gasteiger partial charge in [0.25, 0.3) is 0 Å². The zero-order valence-corrected chi connectivity index (χ0v) is 7.96. The van der Waals surface area contributed by atoms with Gasteiger partial charge < -0.3 is 0 Å². The number of rotatable bonds is 2. The zero-order valence-electron chi connectivity index (χ0n) is 7.96. The zero-order chi connectivity index (χ0) is 9.30. The monoisotopic (exact) mass is 166 g/mol. The van der Waals surface area contributed by atoms with Gasteiger partial charge in [0.15, 0.2) is 6.29 Å². The first-order chi connectivity index (χ1) is 5.57. The van der Waals surface area contributed by atoms with E-state index in [1.165, 1.54) is 0 Å². The van der Waals surface area contributed by atoms with Gasteiger partial charge in [0.05, 0.1) is 17.0 Å². The summed E-state index contributed by atoms with van der Waals surface area (Å²) in [5.74, 6) is 0.344. The van der Waals surface area contributed by atoms with Crippen LogP contribution in [0.4, 0.5) is 0 Å². The van der Waals surface area contributed by atoms with Crippen LogP contribution in [0.2, 0.25) is 0 Å². The van der Waals surface area contributed by atoms with Crippen LogP contribution in [0, 0.1) is 6.92 Å². The summed E-state index contributed by atoms with van der Waals surface area (Å²) < 4.78 is 1.78. The van der Waals surface area contributed by atoms with Crippen molar-refractivity contribution < 1.29 is 4.79 Å². The van der Waals surface area contributed by atoms with Crippen molar-refractivity contribution in [2.24, 2.45) is 7.05 Å². The van der Waals surface area contributed by atoms with Crippen LogP contribution >= 0.6 is 0 Å². The summed E-state index contributed by atoms with van der Waals surface area (Å²) in [6.07, 6.45) is 0.887. The van der Waals surface area contributed by atoms with Gasteiger partial charge in [-0.3, -0.25) is 9.48 Å². The minimum absolute atomic E-state index is 0.344. The van der Waals surface area contributed by atoms with E-state index in [1.54, 1.807) is 4.68 Å². The number of carbonyl (C=O) groups is 1. The molecule has 0 aliphatic carbocycles. The van der Waals surface area contributed by atoms with E-state index in [4.69, 9.17) is 0 Å². The number of nitrogens with zero attached hydrogens (tertiary/aromatic N) is 2. The van der Waals surface area contributed by atoms with Crippen LogP contribution in [-0.2, 0) is 7.05 Å². The van der Waals surface area contributed by atoms with Crippen molar-refractivity contribution in [3.63, 3.8) is 0 Å². The van der Waals surface area contributed by atoms with Crippen LogP contribution in [0.15, 0.2) is 0 Å². The number of aromatic nitrogens is 2. The first-order valence-electron chi connectivity index (χ1n) is 4.06. The maximum absolute atomic E-state index is 10.7. The van der Waals surface area contributed by atoms with E-state index in [0.29, 0.717) is 5.92 Å². The Labute approximate surface area is 72.4 Å². The predicted octanol–water partition coefficient (Wildman–Crippen LogP) is 1.66. The van der Waals surface area contributed by atoms with Crippen molar-refractivity contribution >= 4 is 6.29 Å². The Balaban J connectivity index is 3.32. The second-order valence-corrected chi connectivity index (χ2v) is 3.28. The third-order valence-corrected chi connectivity index (χ3v) is 1.98. The Bertz CT molecular complexity index is 300. The summed E-state index contributed by atoms with van der Waals surface area (Å²) in [5, 5.41) is 4.19. The van der Waals surface area contributed by atoms with Crippen LogP contribution in [0.5, 0.6) is 0 Å². The Morgan fingerprint density at radius 3 is 2.42 bits per heavy atom. The largest absolute Gasteiger partial charge is 0.298 e. The summed E-state index contributed by atoms with van der Waals surface area (Å²) >= 11 is 0. The SMILES string of the molecule is Cc1nn(C)c(C(C)C)c1C=O. The Hall–Kier alpha value is -1.12. The maximum atomic E-state index is 10.7. The topological polar surface area (TPSA) is 34.9 Å². The van der Waals surface area contributed by atoms with E-state index >= 15 is 0 Å². The lowest BCUT2D eigenvalue weighted by atomic mass is 10.1. The lowest BCUT2D eigenvalue weighted by Gasteiger charge is -2.05. The molecule has 0 aliphatic heterocycles. The molecule has 0 saturated heterocycles. The molecule has 3 nitrogen and oxygen atoms in total. The maximum Gasteiger partial charge on any atom is 0.153 e. The van der Waals surface area contributed by atoms with Gasteiger partial charge in [0, 0.05) is 7.05 Å². The molecule has 1 aromatic heterocycles. The minimum Gasteiger partial charge on any atom is -0.298 e. The molecule has 0 aromatic carbocycles. The van der Waals surface area contributed by atoms with E-state index in [-0.39, 0.29) is 0 Å². The smallest absolute Gasteiger partial charge is 0.153 e. The first kappa shape index (κ1) is 8.97. The van der Waals surface area contributed by atoms with Gasteiger partial charge in [-0.15, -0.1) is 0 Å². The number of hydrogen-bond acceptors (Lipinski definition) is 2. The van der Waals surface area contributed by atoms with Crippen LogP contribution < -0.4 is 0 Å². The fourth-order valence-electron chi connectivity index (χ4n) is 1.52. The molecule has 1 rings (SSSR count). The molecule has 0 radical (unpaired) electrons. The molecule has 0 amide bonds.